The van der Waals surface area contributed by atoms with Gasteiger partial charge in [-0.25, -0.2) is 4.98 Å². The van der Waals surface area contributed by atoms with Crippen LogP contribution in [0.5, 0.6) is 0 Å². The second-order valence-corrected chi connectivity index (χ2v) is 5.46. The Labute approximate surface area is 121 Å². The summed E-state index contributed by atoms with van der Waals surface area (Å²) >= 11 is 4.73. The van der Waals surface area contributed by atoms with E-state index in [1.165, 1.54) is 15.7 Å². The zero-order valence-corrected chi connectivity index (χ0v) is 12.1. The van der Waals surface area contributed by atoms with Crippen molar-refractivity contribution in [1.29, 1.82) is 0 Å². The third-order valence-corrected chi connectivity index (χ3v) is 4.06. The quantitative estimate of drug-likeness (QED) is 0.724. The van der Waals surface area contributed by atoms with E-state index in [2.05, 4.69) is 25.9 Å². The van der Waals surface area contributed by atoms with Gasteiger partial charge in [0.15, 0.2) is 4.96 Å². The van der Waals surface area contributed by atoms with Gasteiger partial charge >= 0.3 is 0 Å². The molecule has 3 aromatic rings. The molecule has 6 heteroatoms. The predicted molar refractivity (Wildman–Crippen MR) is 80.2 cm³/mol. The molecule has 0 spiro atoms. The summed E-state index contributed by atoms with van der Waals surface area (Å²) in [6.07, 6.45) is 8.87. The molecule has 0 aliphatic heterocycles. The average Bonchev–Trinajstić information content (AvgIpc) is 2.91. The fourth-order valence-electron chi connectivity index (χ4n) is 1.64. The van der Waals surface area contributed by atoms with E-state index < -0.39 is 0 Å². The van der Waals surface area contributed by atoms with Crippen molar-refractivity contribution < 1.29 is 0 Å². The summed E-state index contributed by atoms with van der Waals surface area (Å²) in [4.78, 5) is 21.2. The molecule has 0 amide bonds. The lowest BCUT2D eigenvalue weighted by molar-refractivity contribution is 1.05. The highest BCUT2D eigenvalue weighted by Crippen LogP contribution is 2.16. The van der Waals surface area contributed by atoms with E-state index in [-0.39, 0.29) is 5.56 Å². The van der Waals surface area contributed by atoms with Crippen LogP contribution in [0.3, 0.4) is 0 Å². The first-order valence-electron chi connectivity index (χ1n) is 5.49. The highest BCUT2D eigenvalue weighted by atomic mass is 79.9. The number of rotatable bonds is 2. The predicted octanol–water partition coefficient (Wildman–Crippen LogP) is 3.08. The molecular weight excluding hydrogens is 326 g/mol. The van der Waals surface area contributed by atoms with Crippen LogP contribution in [0.1, 0.15) is 11.3 Å². The summed E-state index contributed by atoms with van der Waals surface area (Å²) in [6, 6.07) is 3.80. The van der Waals surface area contributed by atoms with Crippen molar-refractivity contribution in [3.63, 3.8) is 0 Å². The molecular formula is C13H8BrN3OS. The number of thiazole rings is 1. The minimum atomic E-state index is -0.0999. The number of hydrogen-bond acceptors (Lipinski definition) is 4. The van der Waals surface area contributed by atoms with Crippen molar-refractivity contribution in [3.8, 4) is 0 Å². The number of pyridine rings is 1. The molecule has 3 rings (SSSR count). The van der Waals surface area contributed by atoms with E-state index in [0.717, 1.165) is 5.56 Å². The van der Waals surface area contributed by atoms with Gasteiger partial charge in [-0.1, -0.05) is 12.1 Å². The lowest BCUT2D eigenvalue weighted by Gasteiger charge is -1.99. The summed E-state index contributed by atoms with van der Waals surface area (Å²) in [5.41, 5.74) is 1.48. The SMILES string of the molecule is O=c1c(Br)c(/C=C/c2cccnc2)nc2sccn12. The molecule has 94 valence electrons. The smallest absolute Gasteiger partial charge is 0.268 e. The molecule has 0 N–H and O–H groups in total. The third kappa shape index (κ3) is 2.36. The summed E-state index contributed by atoms with van der Waals surface area (Å²) < 4.78 is 1.99. The maximum atomic E-state index is 12.1. The molecule has 3 aromatic heterocycles. The van der Waals surface area contributed by atoms with Crippen LogP contribution in [0.25, 0.3) is 17.1 Å². The van der Waals surface area contributed by atoms with Gasteiger partial charge in [0, 0.05) is 24.0 Å². The molecule has 3 heterocycles. The Kier molecular flexibility index (Phi) is 3.27. The number of halogens is 1. The van der Waals surface area contributed by atoms with Crippen LogP contribution in [-0.2, 0) is 0 Å². The van der Waals surface area contributed by atoms with Gasteiger partial charge in [-0.15, -0.1) is 11.3 Å². The van der Waals surface area contributed by atoms with Crippen molar-refractivity contribution in [1.82, 2.24) is 14.4 Å². The molecule has 19 heavy (non-hydrogen) atoms. The van der Waals surface area contributed by atoms with E-state index in [1.54, 1.807) is 18.6 Å². The maximum absolute atomic E-state index is 12.1. The van der Waals surface area contributed by atoms with Crippen LogP contribution >= 0.6 is 27.3 Å². The number of aromatic nitrogens is 3. The van der Waals surface area contributed by atoms with Gasteiger partial charge in [0.05, 0.1) is 5.69 Å². The highest BCUT2D eigenvalue weighted by molar-refractivity contribution is 9.10. The van der Waals surface area contributed by atoms with Gasteiger partial charge in [0.2, 0.25) is 0 Å². The van der Waals surface area contributed by atoms with Gasteiger partial charge in [-0.05, 0) is 33.6 Å². The Morgan fingerprint density at radius 3 is 3.05 bits per heavy atom. The first kappa shape index (κ1) is 12.3. The van der Waals surface area contributed by atoms with Crippen molar-refractivity contribution in [2.75, 3.05) is 0 Å². The lowest BCUT2D eigenvalue weighted by Crippen LogP contribution is -2.14. The van der Waals surface area contributed by atoms with Crippen LogP contribution in [0, 0.1) is 0 Å². The van der Waals surface area contributed by atoms with Gasteiger partial charge in [-0.2, -0.15) is 0 Å². The first-order chi connectivity index (χ1) is 9.25. The second-order valence-electron chi connectivity index (χ2n) is 3.79. The Morgan fingerprint density at radius 2 is 2.26 bits per heavy atom. The summed E-state index contributed by atoms with van der Waals surface area (Å²) in [7, 11) is 0. The average molecular weight is 334 g/mol. The number of nitrogens with zero attached hydrogens (tertiary/aromatic N) is 3. The van der Waals surface area contributed by atoms with Crippen molar-refractivity contribution in [2.45, 2.75) is 0 Å². The molecule has 0 aliphatic rings. The standard InChI is InChI=1S/C13H8BrN3OS/c14-11-10(4-3-9-2-1-5-15-8-9)16-13-17(12(11)18)6-7-19-13/h1-8H/b4-3+. The van der Waals surface area contributed by atoms with E-state index >= 15 is 0 Å². The van der Waals surface area contributed by atoms with Crippen molar-refractivity contribution in [3.05, 3.63) is 62.2 Å². The van der Waals surface area contributed by atoms with Crippen molar-refractivity contribution >= 4 is 44.4 Å². The minimum Gasteiger partial charge on any atom is -0.268 e. The molecule has 0 radical (unpaired) electrons. The minimum absolute atomic E-state index is 0.0999. The summed E-state index contributed by atoms with van der Waals surface area (Å²) in [6.45, 7) is 0. The molecule has 0 fully saturated rings. The van der Waals surface area contributed by atoms with Crippen LogP contribution in [-0.4, -0.2) is 14.4 Å². The Morgan fingerprint density at radius 1 is 1.37 bits per heavy atom. The van der Waals surface area contributed by atoms with E-state index in [0.29, 0.717) is 15.1 Å². The third-order valence-electron chi connectivity index (χ3n) is 2.56. The Hall–Kier alpha value is -1.79. The molecule has 0 saturated carbocycles. The number of fused-ring (bicyclic) bond motifs is 1. The van der Waals surface area contributed by atoms with Crippen LogP contribution in [0.15, 0.2) is 45.4 Å². The fourth-order valence-corrected chi connectivity index (χ4v) is 2.76. The monoisotopic (exact) mass is 333 g/mol. The van der Waals surface area contributed by atoms with Gasteiger partial charge in [0.1, 0.15) is 4.47 Å². The normalized spacial score (nSPS) is 11.4. The molecule has 0 unspecified atom stereocenters. The van der Waals surface area contributed by atoms with Gasteiger partial charge < -0.3 is 0 Å². The van der Waals surface area contributed by atoms with Gasteiger partial charge in [-0.3, -0.25) is 14.2 Å². The number of hydrogen-bond donors (Lipinski definition) is 0. The largest absolute Gasteiger partial charge is 0.273 e. The molecule has 0 saturated heterocycles. The second kappa shape index (κ2) is 5.07. The summed E-state index contributed by atoms with van der Waals surface area (Å²) in [5, 5.41) is 1.84. The Balaban J connectivity index is 2.08. The van der Waals surface area contributed by atoms with Crippen molar-refractivity contribution in [2.24, 2.45) is 0 Å². The molecule has 4 nitrogen and oxygen atoms in total. The lowest BCUT2D eigenvalue weighted by atomic mass is 10.2. The van der Waals surface area contributed by atoms with Crippen LogP contribution < -0.4 is 5.56 Å². The first-order valence-corrected chi connectivity index (χ1v) is 7.16. The van der Waals surface area contributed by atoms with E-state index in [1.807, 2.05) is 29.7 Å². The van der Waals surface area contributed by atoms with E-state index in [9.17, 15) is 4.79 Å². The Bertz CT molecular complexity index is 808. The molecule has 0 bridgehead atoms. The fraction of sp³-hybridized carbons (Fsp3) is 0. The zero-order valence-electron chi connectivity index (χ0n) is 9.65. The van der Waals surface area contributed by atoms with Crippen LogP contribution in [0.4, 0.5) is 0 Å². The van der Waals surface area contributed by atoms with E-state index in [4.69, 9.17) is 0 Å². The zero-order chi connectivity index (χ0) is 13.2. The molecule has 0 aromatic carbocycles. The van der Waals surface area contributed by atoms with Crippen LogP contribution in [0.2, 0.25) is 0 Å². The topological polar surface area (TPSA) is 47.3 Å². The molecule has 0 aliphatic carbocycles. The highest BCUT2D eigenvalue weighted by Gasteiger charge is 2.08. The summed E-state index contributed by atoms with van der Waals surface area (Å²) in [5.74, 6) is 0. The maximum Gasteiger partial charge on any atom is 0.273 e. The van der Waals surface area contributed by atoms with Gasteiger partial charge in [0.25, 0.3) is 5.56 Å². The molecule has 0 atom stereocenters.